The molecular formula is C26H26O6. The van der Waals surface area contributed by atoms with E-state index in [-0.39, 0.29) is 11.5 Å². The van der Waals surface area contributed by atoms with Crippen molar-refractivity contribution >= 4 is 21.5 Å². The van der Waals surface area contributed by atoms with Crippen molar-refractivity contribution in [3.8, 4) is 45.6 Å². The molecule has 0 amide bonds. The van der Waals surface area contributed by atoms with Crippen LogP contribution in [0.4, 0.5) is 0 Å². The van der Waals surface area contributed by atoms with E-state index in [1.807, 2.05) is 38.1 Å². The summed E-state index contributed by atoms with van der Waals surface area (Å²) in [5.41, 5.74) is 2.25. The molecule has 0 aliphatic heterocycles. The zero-order valence-corrected chi connectivity index (χ0v) is 19.0. The zero-order chi connectivity index (χ0) is 23.2. The predicted molar refractivity (Wildman–Crippen MR) is 126 cm³/mol. The molecule has 0 unspecified atom stereocenters. The van der Waals surface area contributed by atoms with Gasteiger partial charge in [0, 0.05) is 33.0 Å². The van der Waals surface area contributed by atoms with Gasteiger partial charge in [-0.25, -0.2) is 0 Å². The highest BCUT2D eigenvalue weighted by molar-refractivity contribution is 6.10. The number of benzene rings is 4. The number of phenolic OH excluding ortho intramolecular Hbond substituents is 2. The molecule has 0 heterocycles. The van der Waals surface area contributed by atoms with E-state index in [1.165, 1.54) is 0 Å². The molecule has 6 heteroatoms. The van der Waals surface area contributed by atoms with Crippen LogP contribution >= 0.6 is 0 Å². The van der Waals surface area contributed by atoms with Gasteiger partial charge in [-0.3, -0.25) is 0 Å². The van der Waals surface area contributed by atoms with Gasteiger partial charge in [0.25, 0.3) is 0 Å². The van der Waals surface area contributed by atoms with Crippen LogP contribution in [0.15, 0.2) is 36.4 Å². The summed E-state index contributed by atoms with van der Waals surface area (Å²) in [6.45, 7) is 3.70. The van der Waals surface area contributed by atoms with Gasteiger partial charge >= 0.3 is 0 Å². The van der Waals surface area contributed by atoms with E-state index in [2.05, 4.69) is 0 Å². The van der Waals surface area contributed by atoms with Crippen LogP contribution in [0, 0.1) is 13.8 Å². The van der Waals surface area contributed by atoms with Crippen LogP contribution in [-0.4, -0.2) is 38.7 Å². The van der Waals surface area contributed by atoms with Crippen LogP contribution in [0.3, 0.4) is 0 Å². The van der Waals surface area contributed by atoms with Crippen LogP contribution in [0.5, 0.6) is 34.5 Å². The average molecular weight is 434 g/mol. The third kappa shape index (κ3) is 2.87. The SMILES string of the molecule is COc1c(C)c(-c2c(C)c(OC)c3cccc(OC)c3c2O)c(O)c2c(OC)cccc12. The number of hydrogen-bond donors (Lipinski definition) is 2. The third-order valence-corrected chi connectivity index (χ3v) is 6.02. The first kappa shape index (κ1) is 21.4. The largest absolute Gasteiger partial charge is 0.506 e. The molecule has 4 rings (SSSR count). The monoisotopic (exact) mass is 434 g/mol. The molecule has 0 saturated heterocycles. The van der Waals surface area contributed by atoms with E-state index in [1.54, 1.807) is 40.6 Å². The number of hydrogen-bond acceptors (Lipinski definition) is 6. The molecule has 6 nitrogen and oxygen atoms in total. The fourth-order valence-electron chi connectivity index (χ4n) is 4.64. The summed E-state index contributed by atoms with van der Waals surface area (Å²) in [6.07, 6.45) is 0. The summed E-state index contributed by atoms with van der Waals surface area (Å²) in [5, 5.41) is 25.5. The first-order valence-corrected chi connectivity index (χ1v) is 10.1. The smallest absolute Gasteiger partial charge is 0.135 e. The maximum Gasteiger partial charge on any atom is 0.135 e. The van der Waals surface area contributed by atoms with E-state index in [4.69, 9.17) is 18.9 Å². The Morgan fingerprint density at radius 3 is 1.25 bits per heavy atom. The van der Waals surface area contributed by atoms with E-state index >= 15 is 0 Å². The molecule has 166 valence electrons. The molecule has 4 aromatic rings. The summed E-state index contributed by atoms with van der Waals surface area (Å²) in [4.78, 5) is 0. The summed E-state index contributed by atoms with van der Waals surface area (Å²) < 4.78 is 22.5. The van der Waals surface area contributed by atoms with Crippen LogP contribution in [-0.2, 0) is 0 Å². The van der Waals surface area contributed by atoms with Crippen LogP contribution in [0.1, 0.15) is 11.1 Å². The molecule has 0 radical (unpaired) electrons. The van der Waals surface area contributed by atoms with Crippen molar-refractivity contribution in [3.63, 3.8) is 0 Å². The summed E-state index contributed by atoms with van der Waals surface area (Å²) in [6, 6.07) is 11.0. The molecule has 0 bridgehead atoms. The highest BCUT2D eigenvalue weighted by Gasteiger charge is 2.28. The first-order chi connectivity index (χ1) is 15.4. The van der Waals surface area contributed by atoms with Crippen molar-refractivity contribution in [2.45, 2.75) is 13.8 Å². The molecule has 32 heavy (non-hydrogen) atoms. The normalized spacial score (nSPS) is 11.1. The van der Waals surface area contributed by atoms with Crippen molar-refractivity contribution in [2.24, 2.45) is 0 Å². The summed E-state index contributed by atoms with van der Waals surface area (Å²) in [7, 11) is 6.26. The van der Waals surface area contributed by atoms with E-state index in [0.29, 0.717) is 66.8 Å². The maximum atomic E-state index is 11.5. The Labute approximate surface area is 186 Å². The standard InChI is InChI=1S/C26H26O6/c1-13-19(23(27)21-15(25(13)31-5)9-7-11-17(21)29-3)20-14(2)26(32-6)16-10-8-12-18(30-4)22(16)24(20)28/h7-12,27-28H,1-6H3. The summed E-state index contributed by atoms with van der Waals surface area (Å²) >= 11 is 0. The van der Waals surface area contributed by atoms with Crippen molar-refractivity contribution in [1.29, 1.82) is 0 Å². The lowest BCUT2D eigenvalue weighted by Crippen LogP contribution is -2.00. The minimum Gasteiger partial charge on any atom is -0.506 e. The Kier molecular flexibility index (Phi) is 5.38. The number of phenols is 2. The van der Waals surface area contributed by atoms with Crippen molar-refractivity contribution in [1.82, 2.24) is 0 Å². The molecular weight excluding hydrogens is 408 g/mol. The Morgan fingerprint density at radius 2 is 0.938 bits per heavy atom. The number of aromatic hydroxyl groups is 2. The zero-order valence-electron chi connectivity index (χ0n) is 19.0. The van der Waals surface area contributed by atoms with Gasteiger partial charge in [0.05, 0.1) is 39.2 Å². The highest BCUT2D eigenvalue weighted by Crippen LogP contribution is 2.54. The first-order valence-electron chi connectivity index (χ1n) is 10.1. The van der Waals surface area contributed by atoms with Gasteiger partial charge in [-0.05, 0) is 26.0 Å². The molecule has 0 atom stereocenters. The second-order valence-corrected chi connectivity index (χ2v) is 7.53. The maximum absolute atomic E-state index is 11.5. The quantitative estimate of drug-likeness (QED) is 0.418. The lowest BCUT2D eigenvalue weighted by molar-refractivity contribution is 0.407. The van der Waals surface area contributed by atoms with Gasteiger partial charge in [-0.1, -0.05) is 24.3 Å². The van der Waals surface area contributed by atoms with Gasteiger partial charge in [0.1, 0.15) is 34.5 Å². The molecule has 4 aromatic carbocycles. The Morgan fingerprint density at radius 1 is 0.562 bits per heavy atom. The van der Waals surface area contributed by atoms with Crippen LogP contribution in [0.2, 0.25) is 0 Å². The van der Waals surface area contributed by atoms with Gasteiger partial charge in [-0.2, -0.15) is 0 Å². The predicted octanol–water partition coefficient (Wildman–Crippen LogP) is 5.72. The van der Waals surface area contributed by atoms with Gasteiger partial charge in [-0.15, -0.1) is 0 Å². The number of ether oxygens (including phenoxy) is 4. The summed E-state index contributed by atoms with van der Waals surface area (Å²) in [5.74, 6) is 2.16. The van der Waals surface area contributed by atoms with Crippen molar-refractivity contribution in [3.05, 3.63) is 47.5 Å². The second-order valence-electron chi connectivity index (χ2n) is 7.53. The highest BCUT2D eigenvalue weighted by atomic mass is 16.5. The Balaban J connectivity index is 2.27. The second kappa shape index (κ2) is 8.04. The third-order valence-electron chi connectivity index (χ3n) is 6.02. The fourth-order valence-corrected chi connectivity index (χ4v) is 4.64. The van der Waals surface area contributed by atoms with Crippen molar-refractivity contribution < 1.29 is 29.2 Å². The van der Waals surface area contributed by atoms with Gasteiger partial charge in [0.2, 0.25) is 0 Å². The van der Waals surface area contributed by atoms with Gasteiger partial charge < -0.3 is 29.2 Å². The fraction of sp³-hybridized carbons (Fsp3) is 0.231. The molecule has 0 fully saturated rings. The topological polar surface area (TPSA) is 77.4 Å². The molecule has 0 spiro atoms. The Bertz CT molecular complexity index is 1250. The number of rotatable bonds is 5. The molecule has 0 aliphatic rings. The Hall–Kier alpha value is -3.80. The van der Waals surface area contributed by atoms with E-state index < -0.39 is 0 Å². The van der Waals surface area contributed by atoms with Crippen LogP contribution in [0.25, 0.3) is 32.7 Å². The van der Waals surface area contributed by atoms with Gasteiger partial charge in [0.15, 0.2) is 0 Å². The molecule has 0 aromatic heterocycles. The molecule has 2 N–H and O–H groups in total. The lowest BCUT2D eigenvalue weighted by atomic mass is 9.88. The molecule has 0 aliphatic carbocycles. The number of fused-ring (bicyclic) bond motifs is 2. The molecule has 0 saturated carbocycles. The minimum atomic E-state index is -0.00884. The van der Waals surface area contributed by atoms with E-state index in [9.17, 15) is 10.2 Å². The van der Waals surface area contributed by atoms with Crippen LogP contribution < -0.4 is 18.9 Å². The number of methoxy groups -OCH3 is 4. The van der Waals surface area contributed by atoms with Crippen molar-refractivity contribution in [2.75, 3.05) is 28.4 Å². The van der Waals surface area contributed by atoms with E-state index in [0.717, 1.165) is 0 Å². The average Bonchev–Trinajstić information content (AvgIpc) is 2.80. The lowest BCUT2D eigenvalue weighted by Gasteiger charge is -2.23. The minimum absolute atomic E-state index is 0.00884.